The molecule has 124 valence electrons. The Bertz CT molecular complexity index is 462. The summed E-state index contributed by atoms with van der Waals surface area (Å²) in [4.78, 5) is 30.3. The van der Waals surface area contributed by atoms with Gasteiger partial charge in [0.2, 0.25) is 0 Å². The molecule has 0 saturated heterocycles. The van der Waals surface area contributed by atoms with E-state index >= 15 is 0 Å². The van der Waals surface area contributed by atoms with E-state index in [1.807, 2.05) is 0 Å². The van der Waals surface area contributed by atoms with Crippen molar-refractivity contribution in [2.45, 2.75) is 25.4 Å². The van der Waals surface area contributed by atoms with Crippen LogP contribution in [0.2, 0.25) is 0 Å². The fraction of sp³-hybridized carbons (Fsp3) is 0.667. The summed E-state index contributed by atoms with van der Waals surface area (Å²) in [5, 5.41) is 27.3. The van der Waals surface area contributed by atoms with E-state index in [0.29, 0.717) is 6.54 Å². The molecule has 0 aromatic rings. The van der Waals surface area contributed by atoms with Gasteiger partial charge in [-0.15, -0.1) is 0 Å². The van der Waals surface area contributed by atoms with Crippen LogP contribution in [0.25, 0.3) is 0 Å². The van der Waals surface area contributed by atoms with Crippen LogP contribution in [0.1, 0.15) is 13.3 Å². The van der Waals surface area contributed by atoms with E-state index in [0.717, 1.165) is 0 Å². The Kier molecular flexibility index (Phi) is 10.3. The third kappa shape index (κ3) is 14.5. The molecule has 2 atom stereocenters. The van der Waals surface area contributed by atoms with Crippen LogP contribution in [-0.4, -0.2) is 70.6 Å². The van der Waals surface area contributed by atoms with E-state index in [4.69, 9.17) is 25.6 Å². The number of hydrogen-bond donors (Lipinski definition) is 6. The zero-order chi connectivity index (χ0) is 17.2. The zero-order valence-corrected chi connectivity index (χ0v) is 11.9. The number of rotatable bonds is 8. The SMILES string of the molecule is CCNC(CC(=O)O)C(=O)O.NC(CS(=O)(=O)O)C(=O)O. The van der Waals surface area contributed by atoms with Crippen LogP contribution in [0.4, 0.5) is 0 Å². The summed E-state index contributed by atoms with van der Waals surface area (Å²) in [6.07, 6.45) is -0.386. The van der Waals surface area contributed by atoms with Gasteiger partial charge < -0.3 is 26.4 Å². The highest BCUT2D eigenvalue weighted by atomic mass is 32.2. The summed E-state index contributed by atoms with van der Waals surface area (Å²) in [6.45, 7) is 2.17. The molecular weight excluding hydrogens is 312 g/mol. The Morgan fingerprint density at radius 3 is 1.81 bits per heavy atom. The number of carboxylic acids is 3. The normalized spacial score (nSPS) is 13.5. The van der Waals surface area contributed by atoms with Crippen molar-refractivity contribution in [1.82, 2.24) is 5.32 Å². The second-order valence-corrected chi connectivity index (χ2v) is 5.24. The number of likely N-dealkylation sites (N-methyl/N-ethyl adjacent to an activating group) is 1. The first-order valence-electron chi connectivity index (χ1n) is 5.52. The highest BCUT2D eigenvalue weighted by Gasteiger charge is 2.19. The summed E-state index contributed by atoms with van der Waals surface area (Å²) < 4.78 is 28.0. The maximum atomic E-state index is 10.3. The maximum absolute atomic E-state index is 10.3. The minimum absolute atomic E-state index is 0.386. The van der Waals surface area contributed by atoms with Gasteiger partial charge in [0.15, 0.2) is 0 Å². The molecule has 0 radical (unpaired) electrons. The fourth-order valence-corrected chi connectivity index (χ4v) is 1.56. The number of nitrogens with two attached hydrogens (primary N) is 1. The van der Waals surface area contributed by atoms with Gasteiger partial charge in [-0.25, -0.2) is 0 Å². The van der Waals surface area contributed by atoms with E-state index in [-0.39, 0.29) is 6.42 Å². The Labute approximate surface area is 120 Å². The van der Waals surface area contributed by atoms with E-state index in [2.05, 4.69) is 5.32 Å². The molecule has 0 amide bonds. The molecule has 12 heteroatoms. The molecule has 0 aliphatic carbocycles. The third-order valence-corrected chi connectivity index (χ3v) is 2.62. The molecular formula is C9H18N2O9S. The molecule has 21 heavy (non-hydrogen) atoms. The van der Waals surface area contributed by atoms with Crippen molar-refractivity contribution in [3.05, 3.63) is 0 Å². The van der Waals surface area contributed by atoms with Gasteiger partial charge in [-0.05, 0) is 6.54 Å². The van der Waals surface area contributed by atoms with Gasteiger partial charge in [0.25, 0.3) is 10.1 Å². The fourth-order valence-electron chi connectivity index (χ4n) is 0.966. The Hall–Kier alpha value is -1.76. The second-order valence-electron chi connectivity index (χ2n) is 3.74. The number of nitrogens with one attached hydrogen (secondary N) is 1. The summed E-state index contributed by atoms with van der Waals surface area (Å²) in [5.41, 5.74) is 4.76. The van der Waals surface area contributed by atoms with Crippen molar-refractivity contribution >= 4 is 28.0 Å². The van der Waals surface area contributed by atoms with Gasteiger partial charge >= 0.3 is 17.9 Å². The minimum atomic E-state index is -4.27. The maximum Gasteiger partial charge on any atom is 0.321 e. The van der Waals surface area contributed by atoms with Gasteiger partial charge in [-0.1, -0.05) is 6.92 Å². The van der Waals surface area contributed by atoms with Crippen LogP contribution in [0.3, 0.4) is 0 Å². The van der Waals surface area contributed by atoms with Crippen LogP contribution in [0.15, 0.2) is 0 Å². The predicted molar refractivity (Wildman–Crippen MR) is 69.4 cm³/mol. The highest BCUT2D eigenvalue weighted by molar-refractivity contribution is 7.85. The van der Waals surface area contributed by atoms with Crippen molar-refractivity contribution in [3.63, 3.8) is 0 Å². The van der Waals surface area contributed by atoms with Gasteiger partial charge in [0.1, 0.15) is 17.8 Å². The molecule has 0 fully saturated rings. The van der Waals surface area contributed by atoms with Gasteiger partial charge in [-0.2, -0.15) is 8.42 Å². The van der Waals surface area contributed by atoms with Crippen molar-refractivity contribution in [3.8, 4) is 0 Å². The molecule has 7 N–H and O–H groups in total. The number of carbonyl (C=O) groups is 3. The lowest BCUT2D eigenvalue weighted by Gasteiger charge is -2.08. The summed E-state index contributed by atoms with van der Waals surface area (Å²) in [6, 6.07) is -2.53. The van der Waals surface area contributed by atoms with Crippen molar-refractivity contribution in [2.24, 2.45) is 5.73 Å². The number of aliphatic carboxylic acids is 3. The molecule has 0 rings (SSSR count). The molecule has 2 unspecified atom stereocenters. The van der Waals surface area contributed by atoms with E-state index in [1.54, 1.807) is 6.92 Å². The Morgan fingerprint density at radius 2 is 1.62 bits per heavy atom. The van der Waals surface area contributed by atoms with Crippen LogP contribution >= 0.6 is 0 Å². The van der Waals surface area contributed by atoms with E-state index < -0.39 is 45.9 Å². The van der Waals surface area contributed by atoms with Crippen molar-refractivity contribution < 1.29 is 42.7 Å². The smallest absolute Gasteiger partial charge is 0.321 e. The van der Waals surface area contributed by atoms with Crippen molar-refractivity contribution in [2.75, 3.05) is 12.3 Å². The molecule has 0 aliphatic rings. The van der Waals surface area contributed by atoms with Crippen LogP contribution in [-0.2, 0) is 24.5 Å². The second kappa shape index (κ2) is 10.0. The van der Waals surface area contributed by atoms with Crippen molar-refractivity contribution in [1.29, 1.82) is 0 Å². The number of hydrogen-bond acceptors (Lipinski definition) is 7. The molecule has 0 saturated carbocycles. The highest BCUT2D eigenvalue weighted by Crippen LogP contribution is 1.91. The largest absolute Gasteiger partial charge is 0.481 e. The van der Waals surface area contributed by atoms with Gasteiger partial charge in [0.05, 0.1) is 6.42 Å². The predicted octanol–water partition coefficient (Wildman–Crippen LogP) is -2.19. The lowest BCUT2D eigenvalue weighted by Crippen LogP contribution is -2.38. The monoisotopic (exact) mass is 330 g/mol. The molecule has 0 bridgehead atoms. The first-order valence-corrected chi connectivity index (χ1v) is 7.13. The standard InChI is InChI=1S/C6H11NO4.C3H7NO5S/c1-2-7-4(6(10)11)3-5(8)9;4-2(3(5)6)1-10(7,8)9/h4,7H,2-3H2,1H3,(H,8,9)(H,10,11);2H,1,4H2,(H,5,6)(H,7,8,9). The van der Waals surface area contributed by atoms with Crippen LogP contribution < -0.4 is 11.1 Å². The summed E-state index contributed by atoms with van der Waals surface area (Å²) >= 11 is 0. The first-order chi connectivity index (χ1) is 9.40. The van der Waals surface area contributed by atoms with Gasteiger partial charge in [-0.3, -0.25) is 18.9 Å². The topological polar surface area (TPSA) is 204 Å². The quantitative estimate of drug-likeness (QED) is 0.263. The average molecular weight is 330 g/mol. The lowest BCUT2D eigenvalue weighted by atomic mass is 10.2. The van der Waals surface area contributed by atoms with E-state index in [1.165, 1.54) is 0 Å². The van der Waals surface area contributed by atoms with E-state index in [9.17, 15) is 22.8 Å². The zero-order valence-electron chi connectivity index (χ0n) is 11.1. The third-order valence-electron chi connectivity index (χ3n) is 1.83. The molecule has 11 nitrogen and oxygen atoms in total. The average Bonchev–Trinajstić information content (AvgIpc) is 2.26. The number of carboxylic acid groups (broad SMARTS) is 3. The van der Waals surface area contributed by atoms with Crippen LogP contribution in [0, 0.1) is 0 Å². The molecule has 0 aromatic heterocycles. The summed E-state index contributed by atoms with van der Waals surface area (Å²) in [5.74, 6) is -4.66. The summed E-state index contributed by atoms with van der Waals surface area (Å²) in [7, 11) is -4.27. The molecule has 0 aliphatic heterocycles. The minimum Gasteiger partial charge on any atom is -0.481 e. The first kappa shape index (κ1) is 21.5. The Balaban J connectivity index is 0. The molecule has 0 heterocycles. The van der Waals surface area contributed by atoms with Crippen LogP contribution in [0.5, 0.6) is 0 Å². The molecule has 0 spiro atoms. The molecule has 0 aromatic carbocycles. The Morgan fingerprint density at radius 1 is 1.14 bits per heavy atom. The lowest BCUT2D eigenvalue weighted by molar-refractivity contribution is -0.145. The van der Waals surface area contributed by atoms with Gasteiger partial charge in [0, 0.05) is 0 Å².